The number of likely N-dealkylation sites (tertiary alicyclic amines) is 1. The molecule has 1 saturated carbocycles. The van der Waals surface area contributed by atoms with Gasteiger partial charge in [0, 0.05) is 18.0 Å². The summed E-state index contributed by atoms with van der Waals surface area (Å²) in [5, 5.41) is 8.38. The summed E-state index contributed by atoms with van der Waals surface area (Å²) < 4.78 is 5.39. The van der Waals surface area contributed by atoms with Gasteiger partial charge in [-0.25, -0.2) is 4.79 Å². The molecular formula is C28H47N5O6. The van der Waals surface area contributed by atoms with Crippen molar-refractivity contribution >= 4 is 29.7 Å². The molecular weight excluding hydrogens is 502 g/mol. The number of nitrogens with zero attached hydrogens (tertiary/aromatic N) is 1. The van der Waals surface area contributed by atoms with Gasteiger partial charge in [0.25, 0.3) is 0 Å². The molecule has 5 amide bonds. The van der Waals surface area contributed by atoms with E-state index in [-0.39, 0.29) is 35.5 Å². The van der Waals surface area contributed by atoms with E-state index in [1.54, 1.807) is 20.8 Å². The van der Waals surface area contributed by atoms with Crippen molar-refractivity contribution in [3.05, 3.63) is 0 Å². The molecule has 3 fully saturated rings. The van der Waals surface area contributed by atoms with Crippen LogP contribution < -0.4 is 21.7 Å². The van der Waals surface area contributed by atoms with E-state index < -0.39 is 58.5 Å². The molecule has 2 aliphatic heterocycles. The monoisotopic (exact) mass is 549 g/mol. The number of carbonyl (C=O) groups excluding carboxylic acids is 5. The van der Waals surface area contributed by atoms with Gasteiger partial charge in [0.05, 0.1) is 0 Å². The quantitative estimate of drug-likeness (QED) is 0.378. The van der Waals surface area contributed by atoms with Crippen molar-refractivity contribution < 1.29 is 28.7 Å². The van der Waals surface area contributed by atoms with Gasteiger partial charge < -0.3 is 31.3 Å². The molecule has 0 radical (unpaired) electrons. The molecule has 0 aromatic rings. The molecule has 3 rings (SSSR count). The summed E-state index contributed by atoms with van der Waals surface area (Å²) >= 11 is 0. The summed E-state index contributed by atoms with van der Waals surface area (Å²) in [6.45, 7) is 19.0. The Balaban J connectivity index is 1.82. The maximum atomic E-state index is 13.9. The average molecular weight is 550 g/mol. The fraction of sp³-hybridized carbons (Fsp3) is 0.821. The molecule has 11 heteroatoms. The summed E-state index contributed by atoms with van der Waals surface area (Å²) in [4.78, 5) is 66.6. The highest BCUT2D eigenvalue weighted by Crippen LogP contribution is 2.65. The predicted octanol–water partition coefficient (Wildman–Crippen LogP) is 1.68. The summed E-state index contributed by atoms with van der Waals surface area (Å²) in [6.07, 6.45) is -0.117. The number of nitrogens with two attached hydrogens (primary N) is 1. The number of hydrogen-bond acceptors (Lipinski definition) is 6. The lowest BCUT2D eigenvalue weighted by atomic mass is 9.85. The van der Waals surface area contributed by atoms with Gasteiger partial charge in [-0.1, -0.05) is 34.6 Å². The predicted molar refractivity (Wildman–Crippen MR) is 145 cm³/mol. The van der Waals surface area contributed by atoms with Crippen LogP contribution in [0.2, 0.25) is 0 Å². The number of primary amides is 1. The molecule has 0 unspecified atom stereocenters. The SMILES string of the molecule is CC1(C)C[C@@H](C[C@H](NC(=O)[C@@H]2[C@@H]3[C@H](CN2C(=O)[C@@H](NC(=O)OC(C)(C)C)C(C)(C)C)C3(C)C)C(N)=O)C(=O)N1. The first-order valence-corrected chi connectivity index (χ1v) is 13.8. The largest absolute Gasteiger partial charge is 0.444 e. The maximum Gasteiger partial charge on any atom is 0.408 e. The molecule has 0 bridgehead atoms. The minimum atomic E-state index is -1.06. The fourth-order valence-corrected chi connectivity index (χ4v) is 6.23. The average Bonchev–Trinajstić information content (AvgIpc) is 3.02. The van der Waals surface area contributed by atoms with E-state index in [0.717, 1.165) is 0 Å². The lowest BCUT2D eigenvalue weighted by Crippen LogP contribution is -2.60. The lowest BCUT2D eigenvalue weighted by molar-refractivity contribution is -0.144. The molecule has 2 saturated heterocycles. The zero-order valence-electron chi connectivity index (χ0n) is 25.1. The van der Waals surface area contributed by atoms with E-state index in [9.17, 15) is 24.0 Å². The van der Waals surface area contributed by atoms with E-state index in [2.05, 4.69) is 29.8 Å². The topological polar surface area (TPSA) is 160 Å². The molecule has 39 heavy (non-hydrogen) atoms. The van der Waals surface area contributed by atoms with Crippen LogP contribution in [0.25, 0.3) is 0 Å². The first-order valence-electron chi connectivity index (χ1n) is 13.8. The number of hydrogen-bond donors (Lipinski definition) is 4. The van der Waals surface area contributed by atoms with Crippen molar-refractivity contribution in [1.82, 2.24) is 20.9 Å². The Kier molecular flexibility index (Phi) is 7.84. The van der Waals surface area contributed by atoms with Gasteiger partial charge in [-0.15, -0.1) is 0 Å². The molecule has 6 atom stereocenters. The van der Waals surface area contributed by atoms with Crippen molar-refractivity contribution in [3.8, 4) is 0 Å². The van der Waals surface area contributed by atoms with E-state index >= 15 is 0 Å². The minimum Gasteiger partial charge on any atom is -0.444 e. The highest BCUT2D eigenvalue weighted by molar-refractivity contribution is 5.95. The van der Waals surface area contributed by atoms with Crippen molar-refractivity contribution in [3.63, 3.8) is 0 Å². The summed E-state index contributed by atoms with van der Waals surface area (Å²) in [6, 6.07) is -2.84. The Morgan fingerprint density at radius 2 is 1.67 bits per heavy atom. The number of fused-ring (bicyclic) bond motifs is 1. The van der Waals surface area contributed by atoms with Crippen LogP contribution in [0.1, 0.15) is 82.1 Å². The highest BCUT2D eigenvalue weighted by atomic mass is 16.6. The van der Waals surface area contributed by atoms with Crippen molar-refractivity contribution in [1.29, 1.82) is 0 Å². The number of rotatable bonds is 7. The zero-order valence-corrected chi connectivity index (χ0v) is 25.1. The van der Waals surface area contributed by atoms with E-state index in [1.807, 2.05) is 34.6 Å². The number of alkyl carbamates (subject to hydrolysis) is 1. The highest BCUT2D eigenvalue weighted by Gasteiger charge is 2.70. The maximum absolute atomic E-state index is 13.9. The van der Waals surface area contributed by atoms with Gasteiger partial charge in [0.1, 0.15) is 23.7 Å². The summed E-state index contributed by atoms with van der Waals surface area (Å²) in [7, 11) is 0. The first-order chi connectivity index (χ1) is 17.5. The van der Waals surface area contributed by atoms with Crippen LogP contribution in [0, 0.1) is 28.6 Å². The van der Waals surface area contributed by atoms with Crippen molar-refractivity contribution in [2.24, 2.45) is 34.3 Å². The second kappa shape index (κ2) is 9.96. The Bertz CT molecular complexity index is 1040. The molecule has 5 N–H and O–H groups in total. The number of amides is 5. The minimum absolute atomic E-state index is 0.0826. The molecule has 0 spiro atoms. The van der Waals surface area contributed by atoms with Crippen LogP contribution in [0.3, 0.4) is 0 Å². The number of carbonyl (C=O) groups is 5. The summed E-state index contributed by atoms with van der Waals surface area (Å²) in [5.41, 5.74) is 3.67. The van der Waals surface area contributed by atoms with E-state index in [0.29, 0.717) is 13.0 Å². The van der Waals surface area contributed by atoms with Crippen LogP contribution in [0.5, 0.6) is 0 Å². The Morgan fingerprint density at radius 1 is 1.08 bits per heavy atom. The number of nitrogens with one attached hydrogen (secondary N) is 3. The van der Waals surface area contributed by atoms with Crippen LogP contribution in [-0.2, 0) is 23.9 Å². The molecule has 220 valence electrons. The smallest absolute Gasteiger partial charge is 0.408 e. The van der Waals surface area contributed by atoms with Crippen LogP contribution in [0.15, 0.2) is 0 Å². The fourth-order valence-electron chi connectivity index (χ4n) is 6.23. The Hall–Kier alpha value is -2.85. The molecule has 0 aromatic heterocycles. The third kappa shape index (κ3) is 6.66. The second-order valence-electron chi connectivity index (χ2n) is 14.8. The number of ether oxygens (including phenoxy) is 1. The third-order valence-corrected chi connectivity index (χ3v) is 8.30. The van der Waals surface area contributed by atoms with Gasteiger partial charge in [0.2, 0.25) is 23.6 Å². The van der Waals surface area contributed by atoms with Gasteiger partial charge in [-0.2, -0.15) is 0 Å². The Morgan fingerprint density at radius 3 is 2.13 bits per heavy atom. The second-order valence-corrected chi connectivity index (χ2v) is 14.8. The van der Waals surface area contributed by atoms with Gasteiger partial charge in [-0.05, 0) is 70.1 Å². The molecule has 11 nitrogen and oxygen atoms in total. The zero-order chi connectivity index (χ0) is 29.9. The van der Waals surface area contributed by atoms with Gasteiger partial charge >= 0.3 is 6.09 Å². The molecule has 3 aliphatic rings. The van der Waals surface area contributed by atoms with E-state index in [1.165, 1.54) is 4.90 Å². The van der Waals surface area contributed by atoms with Crippen LogP contribution in [0.4, 0.5) is 4.79 Å². The first kappa shape index (κ1) is 30.7. The third-order valence-electron chi connectivity index (χ3n) is 8.30. The van der Waals surface area contributed by atoms with Gasteiger partial charge in [0.15, 0.2) is 0 Å². The van der Waals surface area contributed by atoms with Gasteiger partial charge in [-0.3, -0.25) is 19.2 Å². The lowest BCUT2D eigenvalue weighted by Gasteiger charge is -2.38. The summed E-state index contributed by atoms with van der Waals surface area (Å²) in [5.74, 6) is -2.24. The van der Waals surface area contributed by atoms with Crippen LogP contribution >= 0.6 is 0 Å². The van der Waals surface area contributed by atoms with Crippen molar-refractivity contribution in [2.45, 2.75) is 111 Å². The standard InChI is InChI=1S/C28H47N5O6/c1-25(2,3)19(31-24(38)39-26(4,5)6)23(37)33-13-15-17(28(15,9)10)18(33)22(36)30-16(20(29)34)11-14-12-27(7,8)32-21(14)35/h14-19H,11-13H2,1-10H3,(H2,29,34)(H,30,36)(H,31,38)(H,32,35)/t14-,15+,16+,17+,18+,19-/m1/s1. The molecule has 2 heterocycles. The van der Waals surface area contributed by atoms with Crippen LogP contribution in [-0.4, -0.2) is 70.4 Å². The molecule has 1 aliphatic carbocycles. The normalized spacial score (nSPS) is 28.6. The molecule has 0 aromatic carbocycles. The Labute approximate surface area is 231 Å². The number of piperidine rings is 1. The van der Waals surface area contributed by atoms with E-state index in [4.69, 9.17) is 10.5 Å². The van der Waals surface area contributed by atoms with Crippen molar-refractivity contribution in [2.75, 3.05) is 6.54 Å².